The number of carboxylic acids is 1. The summed E-state index contributed by atoms with van der Waals surface area (Å²) in [5.41, 5.74) is 2.09. The zero-order valence-electron chi connectivity index (χ0n) is 13.3. The number of nitrogens with zero attached hydrogens (tertiary/aromatic N) is 1. The number of benzene rings is 1. The fraction of sp³-hybridized carbons (Fsp3) is 0.389. The molecule has 0 amide bonds. The number of aryl methyl sites for hydroxylation is 1. The SMILES string of the molecule is Cc1csc(C(c2ccc(Cl)cc2Cl)N2CCCCC2C(=O)O)c1. The van der Waals surface area contributed by atoms with Crippen molar-refractivity contribution in [1.29, 1.82) is 0 Å². The summed E-state index contributed by atoms with van der Waals surface area (Å²) < 4.78 is 0. The molecule has 24 heavy (non-hydrogen) atoms. The Labute approximate surface area is 155 Å². The van der Waals surface area contributed by atoms with Crippen LogP contribution in [0.4, 0.5) is 0 Å². The third-order valence-electron chi connectivity index (χ3n) is 4.44. The largest absolute Gasteiger partial charge is 0.480 e. The van der Waals surface area contributed by atoms with Gasteiger partial charge in [0.2, 0.25) is 0 Å². The maximum absolute atomic E-state index is 11.8. The van der Waals surface area contributed by atoms with E-state index < -0.39 is 12.0 Å². The molecule has 1 aromatic carbocycles. The van der Waals surface area contributed by atoms with E-state index in [0.717, 1.165) is 29.8 Å². The lowest BCUT2D eigenvalue weighted by Gasteiger charge is -2.39. The predicted molar refractivity (Wildman–Crippen MR) is 99.3 cm³/mol. The second-order valence-corrected chi connectivity index (χ2v) is 7.97. The lowest BCUT2D eigenvalue weighted by molar-refractivity contribution is -0.145. The van der Waals surface area contributed by atoms with Crippen molar-refractivity contribution in [2.24, 2.45) is 0 Å². The Bertz CT molecular complexity index is 746. The summed E-state index contributed by atoms with van der Waals surface area (Å²) in [6.45, 7) is 2.79. The second-order valence-electron chi connectivity index (χ2n) is 6.18. The maximum Gasteiger partial charge on any atom is 0.320 e. The van der Waals surface area contributed by atoms with Gasteiger partial charge in [0.15, 0.2) is 0 Å². The first-order valence-corrected chi connectivity index (χ1v) is 9.59. The van der Waals surface area contributed by atoms with Gasteiger partial charge in [0.25, 0.3) is 0 Å². The summed E-state index contributed by atoms with van der Waals surface area (Å²) >= 11 is 14.2. The molecule has 1 aromatic heterocycles. The molecule has 0 bridgehead atoms. The van der Waals surface area contributed by atoms with Gasteiger partial charge in [0.05, 0.1) is 6.04 Å². The molecule has 128 valence electrons. The molecular weight excluding hydrogens is 365 g/mol. The van der Waals surface area contributed by atoms with E-state index >= 15 is 0 Å². The molecule has 2 aromatic rings. The van der Waals surface area contributed by atoms with E-state index in [4.69, 9.17) is 23.2 Å². The van der Waals surface area contributed by atoms with E-state index in [9.17, 15) is 9.90 Å². The average Bonchev–Trinajstić information content (AvgIpc) is 2.96. The molecule has 3 nitrogen and oxygen atoms in total. The van der Waals surface area contributed by atoms with Gasteiger partial charge in [-0.25, -0.2) is 0 Å². The fourth-order valence-electron chi connectivity index (χ4n) is 3.34. The average molecular weight is 384 g/mol. The number of rotatable bonds is 4. The standard InChI is InChI=1S/C18H19Cl2NO2S/c1-11-8-16(24-10-11)17(13-6-5-12(19)9-14(13)20)21-7-3-2-4-15(21)18(22)23/h5-6,8-10,15,17H,2-4,7H2,1H3,(H,22,23). The van der Waals surface area contributed by atoms with Gasteiger partial charge in [-0.3, -0.25) is 9.69 Å². The number of likely N-dealkylation sites (tertiary alicyclic amines) is 1. The molecule has 1 aliphatic heterocycles. The Hall–Kier alpha value is -1.07. The molecule has 6 heteroatoms. The van der Waals surface area contributed by atoms with E-state index in [1.807, 2.05) is 19.1 Å². The zero-order chi connectivity index (χ0) is 17.3. The molecule has 2 unspecified atom stereocenters. The van der Waals surface area contributed by atoms with E-state index in [-0.39, 0.29) is 6.04 Å². The Balaban J connectivity index is 2.09. The van der Waals surface area contributed by atoms with Crippen LogP contribution in [0, 0.1) is 6.92 Å². The Morgan fingerprint density at radius 3 is 2.75 bits per heavy atom. The minimum absolute atomic E-state index is 0.158. The molecule has 1 aliphatic rings. The molecule has 2 heterocycles. The van der Waals surface area contributed by atoms with Crippen LogP contribution in [0.25, 0.3) is 0 Å². The third kappa shape index (κ3) is 3.62. The Kier molecular flexibility index (Phi) is 5.50. The van der Waals surface area contributed by atoms with Gasteiger partial charge in [0, 0.05) is 14.9 Å². The first kappa shape index (κ1) is 17.7. The summed E-state index contributed by atoms with van der Waals surface area (Å²) in [5, 5.41) is 12.9. The first-order valence-electron chi connectivity index (χ1n) is 7.96. The van der Waals surface area contributed by atoms with Crippen molar-refractivity contribution in [3.05, 3.63) is 55.7 Å². The number of carbonyl (C=O) groups is 1. The van der Waals surface area contributed by atoms with Crippen molar-refractivity contribution in [3.63, 3.8) is 0 Å². The summed E-state index contributed by atoms with van der Waals surface area (Å²) in [5.74, 6) is -0.766. The van der Waals surface area contributed by atoms with Crippen LogP contribution in [-0.2, 0) is 4.79 Å². The fourth-order valence-corrected chi connectivity index (χ4v) is 4.89. The van der Waals surface area contributed by atoms with Crippen LogP contribution in [0.2, 0.25) is 10.0 Å². The number of aliphatic carboxylic acids is 1. The van der Waals surface area contributed by atoms with Crippen LogP contribution >= 0.6 is 34.5 Å². The zero-order valence-corrected chi connectivity index (χ0v) is 15.7. The molecule has 0 radical (unpaired) electrons. The van der Waals surface area contributed by atoms with Crippen LogP contribution in [0.5, 0.6) is 0 Å². The highest BCUT2D eigenvalue weighted by atomic mass is 35.5. The monoisotopic (exact) mass is 383 g/mol. The van der Waals surface area contributed by atoms with Crippen molar-refractivity contribution in [3.8, 4) is 0 Å². The molecular formula is C18H19Cl2NO2S. The Morgan fingerprint density at radius 2 is 2.12 bits per heavy atom. The molecule has 1 fully saturated rings. The third-order valence-corrected chi connectivity index (χ3v) is 6.10. The summed E-state index contributed by atoms with van der Waals surface area (Å²) in [6, 6.07) is 6.93. The molecule has 1 saturated heterocycles. The number of halogens is 2. The number of piperidine rings is 1. The van der Waals surface area contributed by atoms with E-state index in [0.29, 0.717) is 16.5 Å². The highest BCUT2D eigenvalue weighted by Gasteiger charge is 2.36. The molecule has 0 aliphatic carbocycles. The Morgan fingerprint density at radius 1 is 1.33 bits per heavy atom. The molecule has 0 spiro atoms. The number of thiophene rings is 1. The minimum Gasteiger partial charge on any atom is -0.480 e. The van der Waals surface area contributed by atoms with Crippen LogP contribution in [-0.4, -0.2) is 28.6 Å². The van der Waals surface area contributed by atoms with Gasteiger partial charge in [-0.05, 0) is 61.0 Å². The number of carboxylic acid groups (broad SMARTS) is 1. The summed E-state index contributed by atoms with van der Waals surface area (Å²) in [7, 11) is 0. The highest BCUT2D eigenvalue weighted by molar-refractivity contribution is 7.10. The van der Waals surface area contributed by atoms with E-state index in [1.165, 1.54) is 5.56 Å². The van der Waals surface area contributed by atoms with Crippen molar-refractivity contribution < 1.29 is 9.90 Å². The number of hydrogen-bond acceptors (Lipinski definition) is 3. The van der Waals surface area contributed by atoms with Gasteiger partial charge < -0.3 is 5.11 Å². The maximum atomic E-state index is 11.8. The summed E-state index contributed by atoms with van der Waals surface area (Å²) in [6.07, 6.45) is 2.61. The van der Waals surface area contributed by atoms with Crippen LogP contribution in [0.3, 0.4) is 0 Å². The van der Waals surface area contributed by atoms with Gasteiger partial charge in [0.1, 0.15) is 6.04 Å². The topological polar surface area (TPSA) is 40.5 Å². The van der Waals surface area contributed by atoms with Gasteiger partial charge >= 0.3 is 5.97 Å². The summed E-state index contributed by atoms with van der Waals surface area (Å²) in [4.78, 5) is 15.0. The highest BCUT2D eigenvalue weighted by Crippen LogP contribution is 2.40. The lowest BCUT2D eigenvalue weighted by atomic mass is 9.95. The minimum atomic E-state index is -0.766. The predicted octanol–water partition coefficient (Wildman–Crippen LogP) is 5.39. The van der Waals surface area contributed by atoms with Crippen LogP contribution in [0.15, 0.2) is 29.6 Å². The van der Waals surface area contributed by atoms with E-state index in [1.54, 1.807) is 17.4 Å². The molecule has 3 rings (SSSR count). The van der Waals surface area contributed by atoms with Gasteiger partial charge in [-0.15, -0.1) is 11.3 Å². The van der Waals surface area contributed by atoms with Crippen molar-refractivity contribution in [1.82, 2.24) is 4.90 Å². The normalized spacial score (nSPS) is 20.0. The smallest absolute Gasteiger partial charge is 0.320 e. The van der Waals surface area contributed by atoms with Crippen molar-refractivity contribution in [2.45, 2.75) is 38.3 Å². The second kappa shape index (κ2) is 7.44. The van der Waals surface area contributed by atoms with Crippen molar-refractivity contribution >= 4 is 40.5 Å². The van der Waals surface area contributed by atoms with Gasteiger partial charge in [-0.1, -0.05) is 35.7 Å². The van der Waals surface area contributed by atoms with Gasteiger partial charge in [-0.2, -0.15) is 0 Å². The first-order chi connectivity index (χ1) is 11.5. The molecule has 2 atom stereocenters. The van der Waals surface area contributed by atoms with Crippen molar-refractivity contribution in [2.75, 3.05) is 6.54 Å². The lowest BCUT2D eigenvalue weighted by Crippen LogP contribution is -2.46. The van der Waals surface area contributed by atoms with Crippen LogP contribution < -0.4 is 0 Å². The molecule has 1 N–H and O–H groups in total. The molecule has 0 saturated carbocycles. The van der Waals surface area contributed by atoms with Crippen LogP contribution in [0.1, 0.15) is 41.3 Å². The quantitative estimate of drug-likeness (QED) is 0.768. The number of hydrogen-bond donors (Lipinski definition) is 1. The van der Waals surface area contributed by atoms with E-state index in [2.05, 4.69) is 16.3 Å².